The van der Waals surface area contributed by atoms with E-state index in [1.807, 2.05) is 0 Å². The van der Waals surface area contributed by atoms with E-state index >= 15 is 0 Å². The Morgan fingerprint density at radius 3 is 2.44 bits per heavy atom. The lowest BCUT2D eigenvalue weighted by molar-refractivity contribution is 0.201. The normalized spacial score (nSPS) is 20.1. The quantitative estimate of drug-likeness (QED) is 0.745. The molecule has 0 saturated carbocycles. The van der Waals surface area contributed by atoms with Crippen molar-refractivity contribution in [2.24, 2.45) is 0 Å². The van der Waals surface area contributed by atoms with Crippen molar-refractivity contribution in [1.29, 1.82) is 0 Å². The molecule has 0 aromatic heterocycles. The van der Waals surface area contributed by atoms with Crippen molar-refractivity contribution in [1.82, 2.24) is 4.90 Å². The first kappa shape index (κ1) is 11.4. The van der Waals surface area contributed by atoms with E-state index in [0.29, 0.717) is 6.04 Å². The highest BCUT2D eigenvalue weighted by Gasteiger charge is 2.13. The summed E-state index contributed by atoms with van der Waals surface area (Å²) in [7, 11) is 0. The molecule has 1 fully saturated rings. The van der Waals surface area contributed by atoms with E-state index in [0.717, 1.165) is 0 Å². The lowest BCUT2D eigenvalue weighted by Gasteiger charge is -2.30. The van der Waals surface area contributed by atoms with E-state index in [2.05, 4.69) is 54.3 Å². The molecule has 0 spiro atoms. The van der Waals surface area contributed by atoms with Gasteiger partial charge in [-0.05, 0) is 38.4 Å². The number of hydrogen-bond acceptors (Lipinski definition) is 1. The smallest absolute Gasteiger partial charge is 0.0253 e. The number of hydrogen-bond donors (Lipinski definition) is 0. The van der Waals surface area contributed by atoms with Crippen molar-refractivity contribution >= 4 is 6.08 Å². The first-order chi connectivity index (χ1) is 7.86. The van der Waals surface area contributed by atoms with Crippen LogP contribution in [0.1, 0.15) is 31.7 Å². The monoisotopic (exact) mass is 215 g/mol. The maximum atomic E-state index is 2.57. The molecule has 0 aliphatic carbocycles. The summed E-state index contributed by atoms with van der Waals surface area (Å²) in [6, 6.07) is 11.1. The zero-order chi connectivity index (χ0) is 11.2. The van der Waals surface area contributed by atoms with Crippen molar-refractivity contribution in [3.05, 3.63) is 42.0 Å². The third-order valence-corrected chi connectivity index (χ3v) is 3.33. The van der Waals surface area contributed by atoms with E-state index in [1.165, 1.54) is 37.9 Å². The van der Waals surface area contributed by atoms with E-state index < -0.39 is 0 Å². The number of piperidine rings is 1. The van der Waals surface area contributed by atoms with Crippen LogP contribution in [0.4, 0.5) is 0 Å². The first-order valence-electron chi connectivity index (χ1n) is 6.33. The van der Waals surface area contributed by atoms with Crippen LogP contribution >= 0.6 is 0 Å². The van der Waals surface area contributed by atoms with Gasteiger partial charge in [-0.2, -0.15) is 0 Å². The minimum absolute atomic E-state index is 0.570. The van der Waals surface area contributed by atoms with Gasteiger partial charge in [0.05, 0.1) is 0 Å². The Bertz CT molecular complexity index is 323. The molecular formula is C15H21N. The molecule has 1 heteroatoms. The molecular weight excluding hydrogens is 194 g/mol. The van der Waals surface area contributed by atoms with Crippen LogP contribution in [0.3, 0.4) is 0 Å². The maximum Gasteiger partial charge on any atom is 0.0253 e. The van der Waals surface area contributed by atoms with Gasteiger partial charge in [0.15, 0.2) is 0 Å². The zero-order valence-electron chi connectivity index (χ0n) is 10.1. The van der Waals surface area contributed by atoms with E-state index in [-0.39, 0.29) is 0 Å². The van der Waals surface area contributed by atoms with E-state index in [4.69, 9.17) is 0 Å². The molecule has 0 amide bonds. The average molecular weight is 215 g/mol. The maximum absolute atomic E-state index is 2.57. The van der Waals surface area contributed by atoms with Gasteiger partial charge in [-0.1, -0.05) is 48.9 Å². The van der Waals surface area contributed by atoms with E-state index in [1.54, 1.807) is 0 Å². The molecule has 0 N–H and O–H groups in total. The fourth-order valence-electron chi connectivity index (χ4n) is 2.26. The van der Waals surface area contributed by atoms with Crippen LogP contribution in [-0.2, 0) is 0 Å². The summed E-state index contributed by atoms with van der Waals surface area (Å²) in [6.07, 6.45) is 8.69. The lowest BCUT2D eigenvalue weighted by atomic mass is 10.1. The van der Waals surface area contributed by atoms with Crippen LogP contribution < -0.4 is 0 Å². The van der Waals surface area contributed by atoms with Crippen molar-refractivity contribution in [3.8, 4) is 0 Å². The Kier molecular flexibility index (Phi) is 4.17. The second-order valence-corrected chi connectivity index (χ2v) is 4.61. The summed E-state index contributed by atoms with van der Waals surface area (Å²) in [5, 5.41) is 0. The summed E-state index contributed by atoms with van der Waals surface area (Å²) in [5.74, 6) is 0. The summed E-state index contributed by atoms with van der Waals surface area (Å²) < 4.78 is 0. The lowest BCUT2D eigenvalue weighted by Crippen LogP contribution is -2.36. The minimum Gasteiger partial charge on any atom is -0.297 e. The fourth-order valence-corrected chi connectivity index (χ4v) is 2.26. The van der Waals surface area contributed by atoms with Crippen molar-refractivity contribution in [3.63, 3.8) is 0 Å². The second-order valence-electron chi connectivity index (χ2n) is 4.61. The SMILES string of the molecule is C[C@@H](/C=C/c1ccccc1)N1CCCCC1. The van der Waals surface area contributed by atoms with Crippen molar-refractivity contribution < 1.29 is 0 Å². The van der Waals surface area contributed by atoms with Gasteiger partial charge in [0.25, 0.3) is 0 Å². The van der Waals surface area contributed by atoms with Crippen LogP contribution in [0, 0.1) is 0 Å². The van der Waals surface area contributed by atoms with Gasteiger partial charge in [0.2, 0.25) is 0 Å². The van der Waals surface area contributed by atoms with Gasteiger partial charge in [-0.3, -0.25) is 4.90 Å². The molecule has 1 aliphatic heterocycles. The van der Waals surface area contributed by atoms with Crippen molar-refractivity contribution in [2.45, 2.75) is 32.2 Å². The van der Waals surface area contributed by atoms with Gasteiger partial charge < -0.3 is 0 Å². The molecule has 1 heterocycles. The molecule has 0 radical (unpaired) electrons. The highest BCUT2D eigenvalue weighted by atomic mass is 15.1. The molecule has 2 rings (SSSR count). The number of benzene rings is 1. The largest absolute Gasteiger partial charge is 0.297 e. The van der Waals surface area contributed by atoms with Gasteiger partial charge in [0, 0.05) is 6.04 Å². The van der Waals surface area contributed by atoms with Crippen LogP contribution in [0.25, 0.3) is 6.08 Å². The first-order valence-corrected chi connectivity index (χ1v) is 6.33. The molecule has 1 saturated heterocycles. The Balaban J connectivity index is 1.91. The molecule has 1 aromatic rings. The highest BCUT2D eigenvalue weighted by molar-refractivity contribution is 5.49. The Morgan fingerprint density at radius 1 is 1.06 bits per heavy atom. The summed E-state index contributed by atoms with van der Waals surface area (Å²) >= 11 is 0. The van der Waals surface area contributed by atoms with Crippen LogP contribution in [-0.4, -0.2) is 24.0 Å². The highest BCUT2D eigenvalue weighted by Crippen LogP contribution is 2.13. The Morgan fingerprint density at radius 2 is 1.75 bits per heavy atom. The summed E-state index contributed by atoms with van der Waals surface area (Å²) in [6.45, 7) is 4.82. The number of nitrogens with zero attached hydrogens (tertiary/aromatic N) is 1. The molecule has 1 nitrogen and oxygen atoms in total. The third-order valence-electron chi connectivity index (χ3n) is 3.33. The fraction of sp³-hybridized carbons (Fsp3) is 0.467. The topological polar surface area (TPSA) is 3.24 Å². The van der Waals surface area contributed by atoms with Crippen LogP contribution in [0.15, 0.2) is 36.4 Å². The number of rotatable bonds is 3. The van der Waals surface area contributed by atoms with Gasteiger partial charge in [-0.25, -0.2) is 0 Å². The molecule has 1 aliphatic rings. The van der Waals surface area contributed by atoms with E-state index in [9.17, 15) is 0 Å². The third kappa shape index (κ3) is 3.21. The predicted molar refractivity (Wildman–Crippen MR) is 70.4 cm³/mol. The second kappa shape index (κ2) is 5.86. The number of likely N-dealkylation sites (tertiary alicyclic amines) is 1. The van der Waals surface area contributed by atoms with Gasteiger partial charge in [-0.15, -0.1) is 0 Å². The van der Waals surface area contributed by atoms with Gasteiger partial charge >= 0.3 is 0 Å². The van der Waals surface area contributed by atoms with Crippen molar-refractivity contribution in [2.75, 3.05) is 13.1 Å². The molecule has 1 aromatic carbocycles. The summed E-state index contributed by atoms with van der Waals surface area (Å²) in [5.41, 5.74) is 1.30. The molecule has 1 atom stereocenters. The molecule has 0 bridgehead atoms. The van der Waals surface area contributed by atoms with Gasteiger partial charge in [0.1, 0.15) is 0 Å². The van der Waals surface area contributed by atoms with Crippen LogP contribution in [0.2, 0.25) is 0 Å². The predicted octanol–water partition coefficient (Wildman–Crippen LogP) is 3.57. The average Bonchev–Trinajstić information content (AvgIpc) is 2.38. The molecule has 86 valence electrons. The minimum atomic E-state index is 0.570. The Labute approximate surface area is 98.8 Å². The Hall–Kier alpha value is -1.08. The molecule has 16 heavy (non-hydrogen) atoms. The molecule has 0 unspecified atom stereocenters. The zero-order valence-corrected chi connectivity index (χ0v) is 10.1. The standard InChI is InChI=1S/C15H21N/c1-14(16-12-6-3-7-13-16)10-11-15-8-4-2-5-9-15/h2,4-5,8-11,14H,3,6-7,12-13H2,1H3/b11-10+/t14-/m0/s1. The summed E-state index contributed by atoms with van der Waals surface area (Å²) in [4.78, 5) is 2.57. The van der Waals surface area contributed by atoms with Crippen LogP contribution in [0.5, 0.6) is 0 Å².